The normalized spacial score (nSPS) is 20.2. The van der Waals surface area contributed by atoms with Crippen LogP contribution in [0.3, 0.4) is 0 Å². The van der Waals surface area contributed by atoms with Crippen LogP contribution in [0.4, 0.5) is 0 Å². The average Bonchev–Trinajstić information content (AvgIpc) is 2.39. The number of rotatable bonds is 7. The Balaban J connectivity index is 2.62. The molecule has 1 fully saturated rings. The molecule has 0 atom stereocenters. The summed E-state index contributed by atoms with van der Waals surface area (Å²) in [6.07, 6.45) is 5.62. The van der Waals surface area contributed by atoms with Crippen molar-refractivity contribution in [1.29, 1.82) is 0 Å². The molecular weight excluding hydrogens is 250 g/mol. The number of nitrogens with zero attached hydrogens (tertiary/aromatic N) is 1. The molecular formula is C12H27N3O2S. The standard InChI is InChI=1S/C12H27N3O2S/c1-3-15(4-2)18(16,17)14-11-12(10-13)8-6-5-7-9-12/h14H,3-11,13H2,1-2H3. The van der Waals surface area contributed by atoms with Gasteiger partial charge in [0.2, 0.25) is 0 Å². The first kappa shape index (κ1) is 15.9. The maximum Gasteiger partial charge on any atom is 0.279 e. The van der Waals surface area contributed by atoms with Gasteiger partial charge in [-0.1, -0.05) is 33.1 Å². The summed E-state index contributed by atoms with van der Waals surface area (Å²) in [5, 5.41) is 0. The maximum absolute atomic E-state index is 12.1. The minimum absolute atomic E-state index is 0.0293. The van der Waals surface area contributed by atoms with E-state index in [4.69, 9.17) is 5.73 Å². The van der Waals surface area contributed by atoms with Crippen molar-refractivity contribution in [2.75, 3.05) is 26.2 Å². The Hall–Kier alpha value is -0.170. The summed E-state index contributed by atoms with van der Waals surface area (Å²) < 4.78 is 28.3. The van der Waals surface area contributed by atoms with Crippen LogP contribution in [0.15, 0.2) is 0 Å². The molecule has 0 amide bonds. The topological polar surface area (TPSA) is 75.4 Å². The lowest BCUT2D eigenvalue weighted by molar-refractivity contribution is 0.200. The van der Waals surface area contributed by atoms with Gasteiger partial charge in [-0.3, -0.25) is 0 Å². The largest absolute Gasteiger partial charge is 0.330 e. The highest BCUT2D eigenvalue weighted by Crippen LogP contribution is 2.34. The number of nitrogens with one attached hydrogen (secondary N) is 1. The minimum atomic E-state index is -3.34. The Morgan fingerprint density at radius 1 is 1.17 bits per heavy atom. The Morgan fingerprint density at radius 3 is 2.17 bits per heavy atom. The highest BCUT2D eigenvalue weighted by Gasteiger charge is 2.32. The summed E-state index contributed by atoms with van der Waals surface area (Å²) in [5.74, 6) is 0. The lowest BCUT2D eigenvalue weighted by Gasteiger charge is -2.36. The molecule has 0 aromatic carbocycles. The molecule has 18 heavy (non-hydrogen) atoms. The molecule has 1 aliphatic carbocycles. The predicted molar refractivity (Wildman–Crippen MR) is 74.4 cm³/mol. The van der Waals surface area contributed by atoms with Gasteiger partial charge in [0.1, 0.15) is 0 Å². The van der Waals surface area contributed by atoms with Gasteiger partial charge in [-0.15, -0.1) is 0 Å². The van der Waals surface area contributed by atoms with Crippen LogP contribution in [0.5, 0.6) is 0 Å². The molecule has 0 aliphatic heterocycles. The van der Waals surface area contributed by atoms with E-state index in [-0.39, 0.29) is 5.41 Å². The van der Waals surface area contributed by atoms with E-state index < -0.39 is 10.2 Å². The molecule has 108 valence electrons. The molecule has 1 aliphatic rings. The summed E-state index contributed by atoms with van der Waals surface area (Å²) in [7, 11) is -3.34. The highest BCUT2D eigenvalue weighted by atomic mass is 32.2. The van der Waals surface area contributed by atoms with Gasteiger partial charge >= 0.3 is 0 Å². The number of hydrogen-bond acceptors (Lipinski definition) is 3. The second-order valence-corrected chi connectivity index (χ2v) is 6.93. The SMILES string of the molecule is CCN(CC)S(=O)(=O)NCC1(CN)CCCCC1. The van der Waals surface area contributed by atoms with E-state index in [9.17, 15) is 8.42 Å². The van der Waals surface area contributed by atoms with Crippen molar-refractivity contribution >= 4 is 10.2 Å². The van der Waals surface area contributed by atoms with E-state index in [1.165, 1.54) is 10.7 Å². The van der Waals surface area contributed by atoms with E-state index in [2.05, 4.69) is 4.72 Å². The molecule has 0 unspecified atom stereocenters. The Morgan fingerprint density at radius 2 is 1.72 bits per heavy atom. The van der Waals surface area contributed by atoms with Gasteiger partial charge in [-0.05, 0) is 24.8 Å². The van der Waals surface area contributed by atoms with Crippen LogP contribution in [0.1, 0.15) is 46.0 Å². The first-order valence-corrected chi connectivity index (χ1v) is 8.38. The second kappa shape index (κ2) is 6.84. The first-order chi connectivity index (χ1) is 8.49. The summed E-state index contributed by atoms with van der Waals surface area (Å²) in [5.41, 5.74) is 5.83. The number of hydrogen-bond donors (Lipinski definition) is 2. The van der Waals surface area contributed by atoms with E-state index in [1.807, 2.05) is 13.8 Å². The van der Waals surface area contributed by atoms with Gasteiger partial charge in [0.05, 0.1) is 0 Å². The summed E-state index contributed by atoms with van der Waals surface area (Å²) in [6, 6.07) is 0. The summed E-state index contributed by atoms with van der Waals surface area (Å²) >= 11 is 0. The van der Waals surface area contributed by atoms with Crippen molar-refractivity contribution in [2.45, 2.75) is 46.0 Å². The molecule has 0 aromatic rings. The van der Waals surface area contributed by atoms with Gasteiger partial charge in [0, 0.05) is 19.6 Å². The molecule has 0 saturated heterocycles. The second-order valence-electron chi connectivity index (χ2n) is 5.18. The predicted octanol–water partition coefficient (Wildman–Crippen LogP) is 1.07. The van der Waals surface area contributed by atoms with Crippen LogP contribution in [-0.2, 0) is 10.2 Å². The molecule has 0 spiro atoms. The fourth-order valence-corrected chi connectivity index (χ4v) is 4.00. The first-order valence-electron chi connectivity index (χ1n) is 6.94. The van der Waals surface area contributed by atoms with Crippen LogP contribution in [0, 0.1) is 5.41 Å². The molecule has 1 rings (SSSR count). The highest BCUT2D eigenvalue weighted by molar-refractivity contribution is 7.87. The monoisotopic (exact) mass is 277 g/mol. The third-order valence-electron chi connectivity index (χ3n) is 4.02. The van der Waals surface area contributed by atoms with Gasteiger partial charge < -0.3 is 5.73 Å². The van der Waals surface area contributed by atoms with Crippen LogP contribution in [0.2, 0.25) is 0 Å². The third-order valence-corrected chi connectivity index (χ3v) is 5.73. The zero-order valence-electron chi connectivity index (χ0n) is 11.6. The van der Waals surface area contributed by atoms with Gasteiger partial charge in [0.25, 0.3) is 10.2 Å². The van der Waals surface area contributed by atoms with Crippen LogP contribution >= 0.6 is 0 Å². The lowest BCUT2D eigenvalue weighted by Crippen LogP contribution is -2.48. The van der Waals surface area contributed by atoms with Crippen molar-refractivity contribution in [1.82, 2.24) is 9.03 Å². The molecule has 1 saturated carbocycles. The Labute approximate surface area is 111 Å². The Bertz CT molecular complexity index is 333. The van der Waals surface area contributed by atoms with E-state index in [0.29, 0.717) is 26.2 Å². The molecule has 3 N–H and O–H groups in total. The molecule has 5 nitrogen and oxygen atoms in total. The lowest BCUT2D eigenvalue weighted by atomic mass is 9.74. The van der Waals surface area contributed by atoms with Crippen LogP contribution < -0.4 is 10.5 Å². The van der Waals surface area contributed by atoms with E-state index >= 15 is 0 Å². The molecule has 0 aromatic heterocycles. The van der Waals surface area contributed by atoms with Crippen molar-refractivity contribution in [2.24, 2.45) is 11.1 Å². The Kier molecular flexibility index (Phi) is 6.04. The van der Waals surface area contributed by atoms with Gasteiger partial charge in [-0.2, -0.15) is 12.7 Å². The van der Waals surface area contributed by atoms with Crippen LogP contribution in [0.25, 0.3) is 0 Å². The quantitative estimate of drug-likeness (QED) is 0.731. The number of nitrogens with two attached hydrogens (primary N) is 1. The fraction of sp³-hybridized carbons (Fsp3) is 1.00. The summed E-state index contributed by atoms with van der Waals surface area (Å²) in [4.78, 5) is 0. The average molecular weight is 277 g/mol. The smallest absolute Gasteiger partial charge is 0.279 e. The zero-order valence-corrected chi connectivity index (χ0v) is 12.4. The maximum atomic E-state index is 12.1. The van der Waals surface area contributed by atoms with Crippen molar-refractivity contribution < 1.29 is 8.42 Å². The van der Waals surface area contributed by atoms with Crippen LogP contribution in [-0.4, -0.2) is 38.9 Å². The summed E-state index contributed by atoms with van der Waals surface area (Å²) in [6.45, 7) is 5.74. The molecule has 0 radical (unpaired) electrons. The van der Waals surface area contributed by atoms with Gasteiger partial charge in [-0.25, -0.2) is 4.72 Å². The van der Waals surface area contributed by atoms with E-state index in [0.717, 1.165) is 25.7 Å². The van der Waals surface area contributed by atoms with Crippen molar-refractivity contribution in [3.63, 3.8) is 0 Å². The van der Waals surface area contributed by atoms with Crippen molar-refractivity contribution in [3.8, 4) is 0 Å². The molecule has 6 heteroatoms. The third kappa shape index (κ3) is 3.91. The molecule has 0 bridgehead atoms. The molecule has 0 heterocycles. The minimum Gasteiger partial charge on any atom is -0.330 e. The van der Waals surface area contributed by atoms with Crippen molar-refractivity contribution in [3.05, 3.63) is 0 Å². The zero-order chi connectivity index (χ0) is 13.6. The van der Waals surface area contributed by atoms with E-state index in [1.54, 1.807) is 0 Å². The van der Waals surface area contributed by atoms with Gasteiger partial charge in [0.15, 0.2) is 0 Å². The fourth-order valence-electron chi connectivity index (χ4n) is 2.65.